The maximum absolute atomic E-state index is 12.3. The van der Waals surface area contributed by atoms with Gasteiger partial charge in [0.15, 0.2) is 0 Å². The smallest absolute Gasteiger partial charge is 0.263 e. The molecule has 1 aromatic carbocycles. The highest BCUT2D eigenvalue weighted by atomic mass is 79.9. The third-order valence-electron chi connectivity index (χ3n) is 2.71. The summed E-state index contributed by atoms with van der Waals surface area (Å²) >= 11 is 3.20. The molecule has 0 aliphatic rings. The first-order chi connectivity index (χ1) is 10.0. The summed E-state index contributed by atoms with van der Waals surface area (Å²) in [5.41, 5.74) is 1.73. The maximum Gasteiger partial charge on any atom is 0.263 e. The summed E-state index contributed by atoms with van der Waals surface area (Å²) in [6, 6.07) is 6.46. The molecule has 3 rings (SSSR count). The SMILES string of the molecule is O=S(=O)(Nc1ccc2nccnc2c1)c1cncc(Br)c1. The van der Waals surface area contributed by atoms with Gasteiger partial charge in [-0.25, -0.2) is 8.42 Å². The van der Waals surface area contributed by atoms with Crippen LogP contribution >= 0.6 is 15.9 Å². The zero-order valence-electron chi connectivity index (χ0n) is 10.6. The molecule has 3 aromatic rings. The molecular formula is C13H9BrN4O2S. The summed E-state index contributed by atoms with van der Waals surface area (Å²) in [5.74, 6) is 0. The largest absolute Gasteiger partial charge is 0.280 e. The number of rotatable bonds is 3. The van der Waals surface area contributed by atoms with E-state index in [-0.39, 0.29) is 4.90 Å². The Labute approximate surface area is 129 Å². The number of nitrogens with zero attached hydrogens (tertiary/aromatic N) is 3. The normalized spacial score (nSPS) is 11.5. The van der Waals surface area contributed by atoms with Crippen molar-refractivity contribution in [2.45, 2.75) is 4.90 Å². The lowest BCUT2D eigenvalue weighted by molar-refractivity contribution is 0.600. The van der Waals surface area contributed by atoms with Crippen LogP contribution in [0.1, 0.15) is 0 Å². The fraction of sp³-hybridized carbons (Fsp3) is 0. The monoisotopic (exact) mass is 364 g/mol. The van der Waals surface area contributed by atoms with Crippen molar-refractivity contribution in [2.24, 2.45) is 0 Å². The van der Waals surface area contributed by atoms with Crippen LogP contribution in [0.5, 0.6) is 0 Å². The highest BCUT2D eigenvalue weighted by Crippen LogP contribution is 2.20. The van der Waals surface area contributed by atoms with E-state index < -0.39 is 10.0 Å². The molecule has 0 amide bonds. The first-order valence-corrected chi connectivity index (χ1v) is 8.16. The Morgan fingerprint density at radius 2 is 1.76 bits per heavy atom. The Bertz CT molecular complexity index is 915. The van der Waals surface area contributed by atoms with Gasteiger partial charge in [-0.3, -0.25) is 19.7 Å². The Balaban J connectivity index is 1.97. The second-order valence-electron chi connectivity index (χ2n) is 4.20. The predicted molar refractivity (Wildman–Crippen MR) is 82.3 cm³/mol. The molecule has 0 saturated heterocycles. The van der Waals surface area contributed by atoms with Gasteiger partial charge < -0.3 is 0 Å². The number of hydrogen-bond donors (Lipinski definition) is 1. The highest BCUT2D eigenvalue weighted by Gasteiger charge is 2.15. The molecule has 0 bridgehead atoms. The van der Waals surface area contributed by atoms with Crippen LogP contribution in [0.15, 0.2) is 58.4 Å². The number of sulfonamides is 1. The van der Waals surface area contributed by atoms with Gasteiger partial charge in [0, 0.05) is 29.3 Å². The van der Waals surface area contributed by atoms with Crippen LogP contribution in [0, 0.1) is 0 Å². The van der Waals surface area contributed by atoms with E-state index in [9.17, 15) is 8.42 Å². The second-order valence-corrected chi connectivity index (χ2v) is 6.80. The Hall–Kier alpha value is -2.06. The van der Waals surface area contributed by atoms with E-state index in [0.717, 1.165) is 0 Å². The van der Waals surface area contributed by atoms with E-state index in [4.69, 9.17) is 0 Å². The predicted octanol–water partition coefficient (Wildman–Crippen LogP) is 2.59. The molecule has 0 saturated carbocycles. The van der Waals surface area contributed by atoms with Crippen molar-refractivity contribution >= 4 is 42.7 Å². The van der Waals surface area contributed by atoms with Crippen molar-refractivity contribution in [2.75, 3.05) is 4.72 Å². The van der Waals surface area contributed by atoms with E-state index in [0.29, 0.717) is 21.2 Å². The van der Waals surface area contributed by atoms with Gasteiger partial charge in [0.05, 0.1) is 16.7 Å². The first kappa shape index (κ1) is 13.9. The van der Waals surface area contributed by atoms with Gasteiger partial charge in [-0.1, -0.05) is 0 Å². The van der Waals surface area contributed by atoms with E-state index in [1.165, 1.54) is 18.5 Å². The number of pyridine rings is 1. The van der Waals surface area contributed by atoms with Gasteiger partial charge in [-0.2, -0.15) is 0 Å². The van der Waals surface area contributed by atoms with E-state index in [2.05, 4.69) is 35.6 Å². The molecule has 1 N–H and O–H groups in total. The lowest BCUT2D eigenvalue weighted by Crippen LogP contribution is -2.13. The van der Waals surface area contributed by atoms with Crippen LogP contribution in [-0.4, -0.2) is 23.4 Å². The molecule has 0 atom stereocenters. The lowest BCUT2D eigenvalue weighted by Gasteiger charge is -2.08. The minimum Gasteiger partial charge on any atom is -0.280 e. The van der Waals surface area contributed by atoms with E-state index in [1.807, 2.05) is 0 Å². The molecule has 0 radical (unpaired) electrons. The topological polar surface area (TPSA) is 84.8 Å². The molecule has 0 fully saturated rings. The third kappa shape index (κ3) is 3.01. The van der Waals surface area contributed by atoms with Gasteiger partial charge in [0.2, 0.25) is 0 Å². The number of anilines is 1. The van der Waals surface area contributed by atoms with Crippen LogP contribution in [0.25, 0.3) is 11.0 Å². The molecular weight excluding hydrogens is 356 g/mol. The fourth-order valence-electron chi connectivity index (χ4n) is 1.78. The zero-order valence-corrected chi connectivity index (χ0v) is 13.0. The van der Waals surface area contributed by atoms with Crippen molar-refractivity contribution < 1.29 is 8.42 Å². The number of fused-ring (bicyclic) bond motifs is 1. The van der Waals surface area contributed by atoms with Gasteiger partial charge in [0.25, 0.3) is 10.0 Å². The third-order valence-corrected chi connectivity index (χ3v) is 4.49. The molecule has 21 heavy (non-hydrogen) atoms. The number of aromatic nitrogens is 3. The summed E-state index contributed by atoms with van der Waals surface area (Å²) < 4.78 is 27.7. The summed E-state index contributed by atoms with van der Waals surface area (Å²) in [6.07, 6.45) is 5.94. The summed E-state index contributed by atoms with van der Waals surface area (Å²) in [6.45, 7) is 0. The molecule has 2 aromatic heterocycles. The van der Waals surface area contributed by atoms with Crippen molar-refractivity contribution in [1.29, 1.82) is 0 Å². The second kappa shape index (κ2) is 5.38. The number of benzene rings is 1. The number of hydrogen-bond acceptors (Lipinski definition) is 5. The minimum atomic E-state index is -3.70. The molecule has 0 aliphatic heterocycles. The summed E-state index contributed by atoms with van der Waals surface area (Å²) in [4.78, 5) is 12.2. The van der Waals surface area contributed by atoms with Gasteiger partial charge in [-0.15, -0.1) is 0 Å². The quantitative estimate of drug-likeness (QED) is 0.771. The Morgan fingerprint density at radius 3 is 2.52 bits per heavy atom. The Morgan fingerprint density at radius 1 is 1.00 bits per heavy atom. The molecule has 106 valence electrons. The number of halogens is 1. The van der Waals surface area contributed by atoms with Crippen molar-refractivity contribution in [3.05, 3.63) is 53.5 Å². The van der Waals surface area contributed by atoms with Crippen LogP contribution in [0.4, 0.5) is 5.69 Å². The van der Waals surface area contributed by atoms with E-state index in [1.54, 1.807) is 30.6 Å². The van der Waals surface area contributed by atoms with Crippen LogP contribution in [0.3, 0.4) is 0 Å². The van der Waals surface area contributed by atoms with Gasteiger partial charge in [0.1, 0.15) is 4.90 Å². The molecule has 0 unspecified atom stereocenters. The highest BCUT2D eigenvalue weighted by molar-refractivity contribution is 9.10. The van der Waals surface area contributed by atoms with Gasteiger partial charge in [-0.05, 0) is 40.2 Å². The van der Waals surface area contributed by atoms with Crippen molar-refractivity contribution in [3.63, 3.8) is 0 Å². The van der Waals surface area contributed by atoms with Crippen molar-refractivity contribution in [3.8, 4) is 0 Å². The molecule has 8 heteroatoms. The first-order valence-electron chi connectivity index (χ1n) is 5.89. The van der Waals surface area contributed by atoms with Crippen LogP contribution in [0.2, 0.25) is 0 Å². The summed E-state index contributed by atoms with van der Waals surface area (Å²) in [7, 11) is -3.70. The fourth-order valence-corrected chi connectivity index (χ4v) is 3.33. The maximum atomic E-state index is 12.3. The summed E-state index contributed by atoms with van der Waals surface area (Å²) in [5, 5.41) is 0. The molecule has 6 nitrogen and oxygen atoms in total. The van der Waals surface area contributed by atoms with Crippen LogP contribution < -0.4 is 4.72 Å². The molecule has 0 aliphatic carbocycles. The molecule has 2 heterocycles. The van der Waals surface area contributed by atoms with Crippen LogP contribution in [-0.2, 0) is 10.0 Å². The number of nitrogens with one attached hydrogen (secondary N) is 1. The zero-order chi connectivity index (χ0) is 14.9. The lowest BCUT2D eigenvalue weighted by atomic mass is 10.3. The Kier molecular flexibility index (Phi) is 3.56. The average Bonchev–Trinajstić information content (AvgIpc) is 2.47. The average molecular weight is 365 g/mol. The minimum absolute atomic E-state index is 0.0797. The van der Waals surface area contributed by atoms with Gasteiger partial charge >= 0.3 is 0 Å². The standard InChI is InChI=1S/C13H9BrN4O2S/c14-9-5-11(8-15-7-9)21(19,20)18-10-1-2-12-13(6-10)17-4-3-16-12/h1-8,18H. The van der Waals surface area contributed by atoms with E-state index >= 15 is 0 Å². The van der Waals surface area contributed by atoms with Crippen molar-refractivity contribution in [1.82, 2.24) is 15.0 Å². The molecule has 0 spiro atoms.